The SMILES string of the molecule is Cc1cccc(-c2nnc(SCC(=O)N(C3CCC(C)CC3)C3CC3)n2C)c1. The van der Waals surface area contributed by atoms with Gasteiger partial charge in [0.15, 0.2) is 11.0 Å². The molecule has 6 heteroatoms. The molecule has 0 spiro atoms. The number of nitrogens with zero attached hydrogens (tertiary/aromatic N) is 4. The number of carbonyl (C=O) groups is 1. The van der Waals surface area contributed by atoms with Gasteiger partial charge in [0.05, 0.1) is 5.75 Å². The fraction of sp³-hybridized carbons (Fsp3) is 0.591. The summed E-state index contributed by atoms with van der Waals surface area (Å²) in [5.74, 6) is 2.37. The summed E-state index contributed by atoms with van der Waals surface area (Å²) >= 11 is 1.51. The van der Waals surface area contributed by atoms with Crippen molar-refractivity contribution < 1.29 is 4.79 Å². The fourth-order valence-corrected chi connectivity index (χ4v) is 5.04. The molecule has 1 heterocycles. The van der Waals surface area contributed by atoms with Crippen LogP contribution in [0.4, 0.5) is 0 Å². The number of thioether (sulfide) groups is 1. The number of rotatable bonds is 6. The molecule has 5 nitrogen and oxygen atoms in total. The van der Waals surface area contributed by atoms with E-state index in [1.54, 1.807) is 0 Å². The maximum Gasteiger partial charge on any atom is 0.233 e. The molecule has 0 N–H and O–H groups in total. The standard InChI is InChI=1S/C22H30N4OS/c1-15-7-9-18(10-8-15)26(19-11-12-19)20(27)14-28-22-24-23-21(25(22)3)17-6-4-5-16(2)13-17/h4-6,13,15,18-19H,7-12,14H2,1-3H3. The second-order valence-electron chi connectivity index (χ2n) is 8.47. The van der Waals surface area contributed by atoms with Crippen LogP contribution in [0.25, 0.3) is 11.4 Å². The molecule has 1 aromatic carbocycles. The summed E-state index contributed by atoms with van der Waals surface area (Å²) in [7, 11) is 1.98. The van der Waals surface area contributed by atoms with Gasteiger partial charge in [-0.05, 0) is 57.4 Å². The molecule has 1 amide bonds. The van der Waals surface area contributed by atoms with Crippen LogP contribution >= 0.6 is 11.8 Å². The Bertz CT molecular complexity index is 837. The Labute approximate surface area is 171 Å². The third kappa shape index (κ3) is 4.27. The average molecular weight is 399 g/mol. The lowest BCUT2D eigenvalue weighted by atomic mass is 9.86. The van der Waals surface area contributed by atoms with Crippen LogP contribution in [0.1, 0.15) is 51.0 Å². The van der Waals surface area contributed by atoms with E-state index in [4.69, 9.17) is 0 Å². The quantitative estimate of drug-likeness (QED) is 0.675. The van der Waals surface area contributed by atoms with Crippen LogP contribution < -0.4 is 0 Å². The summed E-state index contributed by atoms with van der Waals surface area (Å²) in [5, 5.41) is 9.51. The molecule has 2 aromatic rings. The maximum atomic E-state index is 13.1. The molecule has 0 atom stereocenters. The number of aromatic nitrogens is 3. The Balaban J connectivity index is 1.41. The molecule has 0 aliphatic heterocycles. The molecular formula is C22H30N4OS. The summed E-state index contributed by atoms with van der Waals surface area (Å²) in [6, 6.07) is 9.20. The van der Waals surface area contributed by atoms with Crippen molar-refractivity contribution in [2.45, 2.75) is 69.6 Å². The van der Waals surface area contributed by atoms with E-state index in [9.17, 15) is 4.79 Å². The van der Waals surface area contributed by atoms with Gasteiger partial charge in [0.2, 0.25) is 5.91 Å². The normalized spacial score (nSPS) is 22.2. The minimum atomic E-state index is 0.271. The van der Waals surface area contributed by atoms with Gasteiger partial charge in [-0.2, -0.15) is 0 Å². The first kappa shape index (κ1) is 19.5. The van der Waals surface area contributed by atoms with Crippen LogP contribution in [0.15, 0.2) is 29.4 Å². The second-order valence-corrected chi connectivity index (χ2v) is 9.41. The zero-order valence-electron chi connectivity index (χ0n) is 17.1. The van der Waals surface area contributed by atoms with E-state index in [2.05, 4.69) is 47.1 Å². The van der Waals surface area contributed by atoms with Gasteiger partial charge in [-0.1, -0.05) is 42.4 Å². The molecule has 1 aromatic heterocycles. The topological polar surface area (TPSA) is 51.0 Å². The highest BCUT2D eigenvalue weighted by Crippen LogP contribution is 2.36. The molecule has 2 saturated carbocycles. The van der Waals surface area contributed by atoms with Crippen molar-refractivity contribution in [3.05, 3.63) is 29.8 Å². The summed E-state index contributed by atoms with van der Waals surface area (Å²) in [5.41, 5.74) is 2.26. The van der Waals surface area contributed by atoms with Gasteiger partial charge in [-0.15, -0.1) is 10.2 Å². The van der Waals surface area contributed by atoms with E-state index in [1.165, 1.54) is 43.0 Å². The van der Waals surface area contributed by atoms with E-state index in [0.717, 1.165) is 35.3 Å². The maximum absolute atomic E-state index is 13.1. The average Bonchev–Trinajstić information content (AvgIpc) is 3.44. The molecule has 2 aliphatic rings. The molecule has 2 fully saturated rings. The van der Waals surface area contributed by atoms with Crippen molar-refractivity contribution in [2.24, 2.45) is 13.0 Å². The Morgan fingerprint density at radius 3 is 2.46 bits per heavy atom. The molecule has 0 bridgehead atoms. The lowest BCUT2D eigenvalue weighted by Crippen LogP contribution is -2.44. The summed E-state index contributed by atoms with van der Waals surface area (Å²) in [6.07, 6.45) is 7.16. The number of hydrogen-bond acceptors (Lipinski definition) is 4. The molecule has 150 valence electrons. The minimum Gasteiger partial charge on any atom is -0.336 e. The van der Waals surface area contributed by atoms with Gasteiger partial charge < -0.3 is 9.47 Å². The molecule has 2 aliphatic carbocycles. The number of amides is 1. The molecular weight excluding hydrogens is 368 g/mol. The van der Waals surface area contributed by atoms with Crippen LogP contribution in [-0.2, 0) is 11.8 Å². The zero-order chi connectivity index (χ0) is 19.7. The van der Waals surface area contributed by atoms with E-state index in [0.29, 0.717) is 17.8 Å². The monoisotopic (exact) mass is 398 g/mol. The van der Waals surface area contributed by atoms with E-state index in [-0.39, 0.29) is 5.91 Å². The smallest absolute Gasteiger partial charge is 0.233 e. The number of hydrogen-bond donors (Lipinski definition) is 0. The summed E-state index contributed by atoms with van der Waals surface area (Å²) in [6.45, 7) is 4.40. The van der Waals surface area contributed by atoms with E-state index >= 15 is 0 Å². The number of benzene rings is 1. The van der Waals surface area contributed by atoms with Crippen molar-refractivity contribution in [1.82, 2.24) is 19.7 Å². The largest absolute Gasteiger partial charge is 0.336 e. The Morgan fingerprint density at radius 1 is 1.14 bits per heavy atom. The van der Waals surface area contributed by atoms with Crippen molar-refractivity contribution in [3.8, 4) is 11.4 Å². The summed E-state index contributed by atoms with van der Waals surface area (Å²) in [4.78, 5) is 15.3. The van der Waals surface area contributed by atoms with Crippen molar-refractivity contribution in [3.63, 3.8) is 0 Å². The first-order valence-electron chi connectivity index (χ1n) is 10.4. The van der Waals surface area contributed by atoms with E-state index in [1.807, 2.05) is 17.7 Å². The van der Waals surface area contributed by atoms with Gasteiger partial charge in [0.25, 0.3) is 0 Å². The van der Waals surface area contributed by atoms with Gasteiger partial charge in [0.1, 0.15) is 0 Å². The molecule has 0 radical (unpaired) electrons. The van der Waals surface area contributed by atoms with Crippen LogP contribution in [0.3, 0.4) is 0 Å². The minimum absolute atomic E-state index is 0.271. The van der Waals surface area contributed by atoms with Crippen LogP contribution in [-0.4, -0.2) is 43.4 Å². The Kier molecular flexibility index (Phi) is 5.76. The highest BCUT2D eigenvalue weighted by Gasteiger charge is 2.38. The van der Waals surface area contributed by atoms with Gasteiger partial charge in [0, 0.05) is 24.7 Å². The highest BCUT2D eigenvalue weighted by atomic mass is 32.2. The first-order valence-corrected chi connectivity index (χ1v) is 11.4. The highest BCUT2D eigenvalue weighted by molar-refractivity contribution is 7.99. The molecule has 0 saturated heterocycles. The molecule has 0 unspecified atom stereocenters. The first-order chi connectivity index (χ1) is 13.5. The van der Waals surface area contributed by atoms with Gasteiger partial charge in [-0.25, -0.2) is 0 Å². The fourth-order valence-electron chi connectivity index (χ4n) is 4.26. The van der Waals surface area contributed by atoms with Gasteiger partial charge in [-0.3, -0.25) is 4.79 Å². The number of carbonyl (C=O) groups excluding carboxylic acids is 1. The van der Waals surface area contributed by atoms with Gasteiger partial charge >= 0.3 is 0 Å². The predicted molar refractivity (Wildman–Crippen MR) is 113 cm³/mol. The number of aryl methyl sites for hydroxylation is 1. The predicted octanol–water partition coefficient (Wildman–Crippen LogP) is 4.45. The van der Waals surface area contributed by atoms with Crippen molar-refractivity contribution in [1.29, 1.82) is 0 Å². The van der Waals surface area contributed by atoms with Crippen LogP contribution in [0.5, 0.6) is 0 Å². The van der Waals surface area contributed by atoms with Crippen LogP contribution in [0.2, 0.25) is 0 Å². The van der Waals surface area contributed by atoms with Crippen LogP contribution in [0, 0.1) is 12.8 Å². The van der Waals surface area contributed by atoms with Crippen molar-refractivity contribution >= 4 is 17.7 Å². The second kappa shape index (κ2) is 8.27. The third-order valence-corrected chi connectivity index (χ3v) is 7.05. The Morgan fingerprint density at radius 2 is 1.82 bits per heavy atom. The van der Waals surface area contributed by atoms with Crippen molar-refractivity contribution in [2.75, 3.05) is 5.75 Å². The summed E-state index contributed by atoms with van der Waals surface area (Å²) < 4.78 is 2.00. The van der Waals surface area contributed by atoms with E-state index < -0.39 is 0 Å². The lowest BCUT2D eigenvalue weighted by molar-refractivity contribution is -0.132. The molecule has 28 heavy (non-hydrogen) atoms. The third-order valence-electron chi connectivity index (χ3n) is 6.04. The Hall–Kier alpha value is -1.82. The zero-order valence-corrected chi connectivity index (χ0v) is 17.9. The lowest BCUT2D eigenvalue weighted by Gasteiger charge is -2.36. The molecule has 4 rings (SSSR count).